The maximum Gasteiger partial charge on any atom is 0.407 e. The third-order valence-corrected chi connectivity index (χ3v) is 6.79. The molecule has 0 aromatic heterocycles. The second-order valence-corrected chi connectivity index (χ2v) is 10.1. The van der Waals surface area contributed by atoms with Crippen molar-refractivity contribution in [3.8, 4) is 11.1 Å². The molecule has 3 aromatic carbocycles. The lowest BCUT2D eigenvalue weighted by molar-refractivity contribution is -0.150. The Morgan fingerprint density at radius 3 is 2.03 bits per heavy atom. The van der Waals surface area contributed by atoms with Crippen molar-refractivity contribution in [2.75, 3.05) is 19.8 Å². The molecule has 0 saturated heterocycles. The maximum atomic E-state index is 13.7. The highest BCUT2D eigenvalue weighted by atomic mass is 16.5. The van der Waals surface area contributed by atoms with Crippen LogP contribution in [0.1, 0.15) is 49.8 Å². The first kappa shape index (κ1) is 27.9. The molecule has 0 aliphatic heterocycles. The third kappa shape index (κ3) is 7.05. The van der Waals surface area contributed by atoms with E-state index in [1.54, 1.807) is 6.92 Å². The minimum absolute atomic E-state index is 0.0826. The van der Waals surface area contributed by atoms with Gasteiger partial charge in [0, 0.05) is 12.5 Å². The standard InChI is InChI=1S/C32H36N2O5/c1-4-38-30(35)20-34(19-23-12-6-5-7-13-23)31(36)29(18-22(2)3)33-32(37)39-21-28-26-16-10-8-14-24(26)25-15-9-11-17-27(25)28/h5-17,22,28-29H,4,18-21H2,1-3H3,(H,33,37). The van der Waals surface area contributed by atoms with Crippen molar-refractivity contribution in [1.29, 1.82) is 0 Å². The number of amides is 2. The Balaban J connectivity index is 1.47. The lowest BCUT2D eigenvalue weighted by Crippen LogP contribution is -2.50. The number of fused-ring (bicyclic) bond motifs is 3. The van der Waals surface area contributed by atoms with Gasteiger partial charge in [0.2, 0.25) is 5.91 Å². The fourth-order valence-electron chi connectivity index (χ4n) is 5.07. The average Bonchev–Trinajstić information content (AvgIpc) is 3.25. The van der Waals surface area contributed by atoms with E-state index in [0.29, 0.717) is 6.42 Å². The van der Waals surface area contributed by atoms with Crippen molar-refractivity contribution in [1.82, 2.24) is 10.2 Å². The van der Waals surface area contributed by atoms with Crippen molar-refractivity contribution in [2.24, 2.45) is 5.92 Å². The predicted octanol–water partition coefficient (Wildman–Crippen LogP) is 5.53. The van der Waals surface area contributed by atoms with Crippen LogP contribution >= 0.6 is 0 Å². The number of nitrogens with one attached hydrogen (secondary N) is 1. The molecule has 0 saturated carbocycles. The number of rotatable bonds is 11. The van der Waals surface area contributed by atoms with Crippen LogP contribution in [0.5, 0.6) is 0 Å². The number of hydrogen-bond donors (Lipinski definition) is 1. The lowest BCUT2D eigenvalue weighted by Gasteiger charge is -2.28. The summed E-state index contributed by atoms with van der Waals surface area (Å²) in [5, 5.41) is 2.79. The Hall–Kier alpha value is -4.13. The molecule has 1 atom stereocenters. The van der Waals surface area contributed by atoms with Crippen LogP contribution in [0.2, 0.25) is 0 Å². The predicted molar refractivity (Wildman–Crippen MR) is 150 cm³/mol. The minimum Gasteiger partial charge on any atom is -0.465 e. The summed E-state index contributed by atoms with van der Waals surface area (Å²) in [5.74, 6) is -0.810. The number of carbonyl (C=O) groups is 3. The second kappa shape index (κ2) is 13.1. The van der Waals surface area contributed by atoms with Crippen LogP contribution in [0, 0.1) is 5.92 Å². The Kier molecular flexibility index (Phi) is 9.36. The molecule has 4 rings (SSSR count). The zero-order valence-corrected chi connectivity index (χ0v) is 22.8. The molecule has 204 valence electrons. The van der Waals surface area contributed by atoms with E-state index in [4.69, 9.17) is 9.47 Å². The number of carbonyl (C=O) groups excluding carboxylic acids is 3. The highest BCUT2D eigenvalue weighted by molar-refractivity contribution is 5.88. The van der Waals surface area contributed by atoms with Gasteiger partial charge in [-0.15, -0.1) is 0 Å². The van der Waals surface area contributed by atoms with E-state index in [-0.39, 0.29) is 44.0 Å². The van der Waals surface area contributed by atoms with E-state index < -0.39 is 18.1 Å². The highest BCUT2D eigenvalue weighted by Crippen LogP contribution is 2.44. The summed E-state index contributed by atoms with van der Waals surface area (Å²) >= 11 is 0. The number of nitrogens with zero attached hydrogens (tertiary/aromatic N) is 1. The minimum atomic E-state index is -0.848. The van der Waals surface area contributed by atoms with Crippen LogP contribution < -0.4 is 5.32 Å². The van der Waals surface area contributed by atoms with Crippen LogP contribution in [-0.2, 0) is 25.6 Å². The fourth-order valence-corrected chi connectivity index (χ4v) is 5.07. The molecule has 1 aliphatic rings. The normalized spacial score (nSPS) is 12.8. The molecule has 3 aromatic rings. The summed E-state index contributed by atoms with van der Waals surface area (Å²) in [6.45, 7) is 6.07. The van der Waals surface area contributed by atoms with Crippen molar-refractivity contribution >= 4 is 18.0 Å². The van der Waals surface area contributed by atoms with Gasteiger partial charge in [-0.05, 0) is 47.1 Å². The average molecular weight is 529 g/mol. The molecule has 1 N–H and O–H groups in total. The largest absolute Gasteiger partial charge is 0.465 e. The molecule has 7 nitrogen and oxygen atoms in total. The van der Waals surface area contributed by atoms with Crippen molar-refractivity contribution in [2.45, 2.75) is 45.7 Å². The fraction of sp³-hybridized carbons (Fsp3) is 0.344. The summed E-state index contributed by atoms with van der Waals surface area (Å²) in [7, 11) is 0. The molecular weight excluding hydrogens is 492 g/mol. The van der Waals surface area contributed by atoms with E-state index in [0.717, 1.165) is 27.8 Å². The van der Waals surface area contributed by atoms with Gasteiger partial charge in [-0.2, -0.15) is 0 Å². The molecule has 0 spiro atoms. The highest BCUT2D eigenvalue weighted by Gasteiger charge is 2.31. The van der Waals surface area contributed by atoms with E-state index in [1.165, 1.54) is 4.90 Å². The first-order valence-corrected chi connectivity index (χ1v) is 13.5. The molecule has 0 fully saturated rings. The van der Waals surface area contributed by atoms with Crippen molar-refractivity contribution < 1.29 is 23.9 Å². The smallest absolute Gasteiger partial charge is 0.407 e. The van der Waals surface area contributed by atoms with Gasteiger partial charge in [0.15, 0.2) is 0 Å². The summed E-state index contributed by atoms with van der Waals surface area (Å²) in [5.41, 5.74) is 5.39. The van der Waals surface area contributed by atoms with Gasteiger partial charge in [0.05, 0.1) is 6.61 Å². The van der Waals surface area contributed by atoms with Crippen LogP contribution in [-0.4, -0.2) is 48.7 Å². The van der Waals surface area contributed by atoms with E-state index in [2.05, 4.69) is 29.6 Å². The zero-order valence-electron chi connectivity index (χ0n) is 22.8. The van der Waals surface area contributed by atoms with Gasteiger partial charge in [-0.25, -0.2) is 4.79 Å². The van der Waals surface area contributed by atoms with Crippen molar-refractivity contribution in [3.05, 3.63) is 95.6 Å². The number of ether oxygens (including phenoxy) is 2. The Labute approximate surface area is 230 Å². The van der Waals surface area contributed by atoms with Crippen LogP contribution in [0.25, 0.3) is 11.1 Å². The first-order valence-electron chi connectivity index (χ1n) is 13.5. The Morgan fingerprint density at radius 2 is 1.44 bits per heavy atom. The quantitative estimate of drug-likeness (QED) is 0.331. The van der Waals surface area contributed by atoms with Crippen LogP contribution in [0.4, 0.5) is 4.79 Å². The lowest BCUT2D eigenvalue weighted by atomic mass is 9.98. The topological polar surface area (TPSA) is 84.9 Å². The van der Waals surface area contributed by atoms with E-state index in [1.807, 2.05) is 68.4 Å². The summed E-state index contributed by atoms with van der Waals surface area (Å²) < 4.78 is 10.8. The van der Waals surface area contributed by atoms with Gasteiger partial charge in [0.25, 0.3) is 0 Å². The molecule has 0 radical (unpaired) electrons. The number of hydrogen-bond acceptors (Lipinski definition) is 5. The molecule has 1 aliphatic carbocycles. The van der Waals surface area contributed by atoms with Gasteiger partial charge >= 0.3 is 12.1 Å². The number of alkyl carbamates (subject to hydrolysis) is 1. The molecular formula is C32H36N2O5. The number of benzene rings is 3. The van der Waals surface area contributed by atoms with Crippen LogP contribution in [0.3, 0.4) is 0 Å². The summed E-state index contributed by atoms with van der Waals surface area (Å²) in [6, 6.07) is 24.8. The Bertz CT molecular complexity index is 1240. The SMILES string of the molecule is CCOC(=O)CN(Cc1ccccc1)C(=O)C(CC(C)C)NC(=O)OCC1c2ccccc2-c2ccccc21. The van der Waals surface area contributed by atoms with Gasteiger partial charge in [-0.1, -0.05) is 92.7 Å². The summed E-state index contributed by atoms with van der Waals surface area (Å²) in [4.78, 5) is 40.5. The zero-order chi connectivity index (χ0) is 27.8. The van der Waals surface area contributed by atoms with Crippen molar-refractivity contribution in [3.63, 3.8) is 0 Å². The Morgan fingerprint density at radius 1 is 0.846 bits per heavy atom. The van der Waals surface area contributed by atoms with Gasteiger partial charge < -0.3 is 19.7 Å². The number of esters is 1. The third-order valence-electron chi connectivity index (χ3n) is 6.79. The molecule has 0 bridgehead atoms. The molecule has 1 unspecified atom stereocenters. The summed E-state index contributed by atoms with van der Waals surface area (Å²) in [6.07, 6.45) is -0.261. The molecule has 2 amide bonds. The van der Waals surface area contributed by atoms with E-state index >= 15 is 0 Å². The van der Waals surface area contributed by atoms with Gasteiger partial charge in [-0.3, -0.25) is 9.59 Å². The maximum absolute atomic E-state index is 13.7. The molecule has 0 heterocycles. The van der Waals surface area contributed by atoms with E-state index in [9.17, 15) is 14.4 Å². The second-order valence-electron chi connectivity index (χ2n) is 10.1. The molecule has 39 heavy (non-hydrogen) atoms. The van der Waals surface area contributed by atoms with Gasteiger partial charge in [0.1, 0.15) is 19.2 Å². The monoisotopic (exact) mass is 528 g/mol. The molecule has 7 heteroatoms. The van der Waals surface area contributed by atoms with Crippen LogP contribution in [0.15, 0.2) is 78.9 Å². The first-order chi connectivity index (χ1) is 18.9.